The molecule has 58 valence electrons. The van der Waals surface area contributed by atoms with Crippen LogP contribution in [0.2, 0.25) is 0 Å². The molecule has 0 bridgehead atoms. The molecular weight excluding hydrogens is 126 g/mol. The summed E-state index contributed by atoms with van der Waals surface area (Å²) in [6.45, 7) is 2.10. The van der Waals surface area contributed by atoms with E-state index in [9.17, 15) is 0 Å². The average molecular weight is 141 g/mol. The van der Waals surface area contributed by atoms with Crippen molar-refractivity contribution in [2.75, 3.05) is 27.2 Å². The molecule has 1 aliphatic rings. The molecule has 0 amide bonds. The summed E-state index contributed by atoms with van der Waals surface area (Å²) < 4.78 is 5.25. The third-order valence-electron chi connectivity index (χ3n) is 1.83. The molecule has 0 aromatic carbocycles. The second-order valence-electron chi connectivity index (χ2n) is 2.79. The van der Waals surface area contributed by atoms with Crippen LogP contribution in [0.15, 0.2) is 12.2 Å². The van der Waals surface area contributed by atoms with Gasteiger partial charge in [-0.1, -0.05) is 12.2 Å². The molecule has 10 heavy (non-hydrogen) atoms. The van der Waals surface area contributed by atoms with Gasteiger partial charge < -0.3 is 9.64 Å². The fraction of sp³-hybridized carbons (Fsp3) is 0.750. The first kappa shape index (κ1) is 7.76. The summed E-state index contributed by atoms with van der Waals surface area (Å²) in [4.78, 5) is 2.26. The fourth-order valence-electron chi connectivity index (χ4n) is 1.17. The number of hydrogen-bond donors (Lipinski definition) is 0. The molecule has 0 aliphatic carbocycles. The lowest BCUT2D eigenvalue weighted by Gasteiger charge is -2.17. The highest BCUT2D eigenvalue weighted by Gasteiger charge is 2.10. The normalized spacial score (nSPS) is 28.4. The molecule has 0 saturated carbocycles. The first-order valence-electron chi connectivity index (χ1n) is 3.69. The third-order valence-corrected chi connectivity index (χ3v) is 1.83. The Labute approximate surface area is 62.5 Å². The minimum absolute atomic E-state index is 0.392. The predicted octanol–water partition coefficient (Wildman–Crippen LogP) is 0.893. The van der Waals surface area contributed by atoms with E-state index in [1.807, 2.05) is 0 Å². The number of rotatable bonds is 1. The second kappa shape index (κ2) is 3.74. The zero-order valence-electron chi connectivity index (χ0n) is 6.71. The summed E-state index contributed by atoms with van der Waals surface area (Å²) in [5.41, 5.74) is 0. The van der Waals surface area contributed by atoms with Crippen LogP contribution in [0, 0.1) is 0 Å². The van der Waals surface area contributed by atoms with Gasteiger partial charge in [-0.3, -0.25) is 0 Å². The summed E-state index contributed by atoms with van der Waals surface area (Å²) in [5.74, 6) is 0. The van der Waals surface area contributed by atoms with E-state index < -0.39 is 0 Å². The largest absolute Gasteiger partial charge is 0.380 e. The Morgan fingerprint density at radius 1 is 1.50 bits per heavy atom. The van der Waals surface area contributed by atoms with Crippen LogP contribution in [-0.2, 0) is 4.74 Å². The standard InChI is InChI=1S/C8H15NO/c1-9-6-4-3-5-8(7-9)10-2/h3-4,8H,5-7H2,1-2H3. The van der Waals surface area contributed by atoms with Crippen molar-refractivity contribution in [3.05, 3.63) is 12.2 Å². The van der Waals surface area contributed by atoms with Gasteiger partial charge in [-0.05, 0) is 13.5 Å². The molecule has 0 aromatic heterocycles. The van der Waals surface area contributed by atoms with Crippen LogP contribution in [0.1, 0.15) is 6.42 Å². The van der Waals surface area contributed by atoms with Gasteiger partial charge in [0, 0.05) is 20.2 Å². The van der Waals surface area contributed by atoms with Crippen molar-refractivity contribution in [2.45, 2.75) is 12.5 Å². The molecule has 0 N–H and O–H groups in total. The number of nitrogens with zero attached hydrogens (tertiary/aromatic N) is 1. The molecule has 0 fully saturated rings. The molecule has 1 atom stereocenters. The van der Waals surface area contributed by atoms with E-state index in [0.717, 1.165) is 19.5 Å². The number of likely N-dealkylation sites (N-methyl/N-ethyl adjacent to an activating group) is 1. The highest BCUT2D eigenvalue weighted by atomic mass is 16.5. The van der Waals surface area contributed by atoms with Gasteiger partial charge in [0.05, 0.1) is 6.10 Å². The predicted molar refractivity (Wildman–Crippen MR) is 42.1 cm³/mol. The van der Waals surface area contributed by atoms with Gasteiger partial charge in [-0.15, -0.1) is 0 Å². The molecule has 1 aliphatic heterocycles. The molecule has 1 heterocycles. The van der Waals surface area contributed by atoms with E-state index in [2.05, 4.69) is 24.1 Å². The quantitative estimate of drug-likeness (QED) is 0.503. The minimum atomic E-state index is 0.392. The minimum Gasteiger partial charge on any atom is -0.380 e. The third kappa shape index (κ3) is 2.12. The SMILES string of the molecule is COC1CC=CCN(C)C1. The van der Waals surface area contributed by atoms with Gasteiger partial charge >= 0.3 is 0 Å². The Bertz CT molecular complexity index is 122. The first-order valence-corrected chi connectivity index (χ1v) is 3.69. The van der Waals surface area contributed by atoms with Gasteiger partial charge in [-0.25, -0.2) is 0 Å². The number of ether oxygens (including phenoxy) is 1. The number of hydrogen-bond acceptors (Lipinski definition) is 2. The van der Waals surface area contributed by atoms with E-state index in [4.69, 9.17) is 4.74 Å². The molecule has 0 aromatic rings. The van der Waals surface area contributed by atoms with Gasteiger partial charge in [0.2, 0.25) is 0 Å². The van der Waals surface area contributed by atoms with Crippen LogP contribution in [0.4, 0.5) is 0 Å². The zero-order valence-corrected chi connectivity index (χ0v) is 6.71. The number of methoxy groups -OCH3 is 1. The highest BCUT2D eigenvalue weighted by molar-refractivity contribution is 4.91. The van der Waals surface area contributed by atoms with Crippen LogP contribution in [0.25, 0.3) is 0 Å². The van der Waals surface area contributed by atoms with E-state index in [1.165, 1.54) is 0 Å². The van der Waals surface area contributed by atoms with Crippen molar-refractivity contribution in [3.63, 3.8) is 0 Å². The van der Waals surface area contributed by atoms with Gasteiger partial charge in [0.1, 0.15) is 0 Å². The smallest absolute Gasteiger partial charge is 0.0732 e. The monoisotopic (exact) mass is 141 g/mol. The van der Waals surface area contributed by atoms with Crippen LogP contribution in [-0.4, -0.2) is 38.3 Å². The fourth-order valence-corrected chi connectivity index (χ4v) is 1.17. The lowest BCUT2D eigenvalue weighted by molar-refractivity contribution is 0.0803. The maximum Gasteiger partial charge on any atom is 0.0732 e. The molecule has 2 heteroatoms. The van der Waals surface area contributed by atoms with Crippen LogP contribution >= 0.6 is 0 Å². The lowest BCUT2D eigenvalue weighted by Crippen LogP contribution is -2.28. The molecule has 1 unspecified atom stereocenters. The lowest BCUT2D eigenvalue weighted by atomic mass is 10.2. The van der Waals surface area contributed by atoms with E-state index in [-0.39, 0.29) is 0 Å². The van der Waals surface area contributed by atoms with Gasteiger partial charge in [0.15, 0.2) is 0 Å². The molecule has 2 nitrogen and oxygen atoms in total. The van der Waals surface area contributed by atoms with Crippen LogP contribution < -0.4 is 0 Å². The Hall–Kier alpha value is -0.340. The first-order chi connectivity index (χ1) is 4.83. The summed E-state index contributed by atoms with van der Waals surface area (Å²) in [7, 11) is 3.89. The average Bonchev–Trinajstić information content (AvgIpc) is 2.13. The molecule has 0 saturated heterocycles. The Balaban J connectivity index is 2.40. The van der Waals surface area contributed by atoms with Crippen molar-refractivity contribution in [3.8, 4) is 0 Å². The molecular formula is C8H15NO. The van der Waals surface area contributed by atoms with Crippen molar-refractivity contribution in [1.82, 2.24) is 4.90 Å². The van der Waals surface area contributed by atoms with Crippen molar-refractivity contribution >= 4 is 0 Å². The summed E-state index contributed by atoms with van der Waals surface area (Å²) >= 11 is 0. The summed E-state index contributed by atoms with van der Waals surface area (Å²) in [5, 5.41) is 0. The maximum absolute atomic E-state index is 5.25. The van der Waals surface area contributed by atoms with E-state index in [0.29, 0.717) is 6.10 Å². The summed E-state index contributed by atoms with van der Waals surface area (Å²) in [6.07, 6.45) is 5.83. The van der Waals surface area contributed by atoms with Crippen LogP contribution in [0.5, 0.6) is 0 Å². The maximum atomic E-state index is 5.25. The van der Waals surface area contributed by atoms with E-state index >= 15 is 0 Å². The molecule has 0 radical (unpaired) electrons. The second-order valence-corrected chi connectivity index (χ2v) is 2.79. The Morgan fingerprint density at radius 3 is 3.00 bits per heavy atom. The Morgan fingerprint density at radius 2 is 2.30 bits per heavy atom. The topological polar surface area (TPSA) is 12.5 Å². The summed E-state index contributed by atoms with van der Waals surface area (Å²) in [6, 6.07) is 0. The van der Waals surface area contributed by atoms with Crippen molar-refractivity contribution in [1.29, 1.82) is 0 Å². The zero-order chi connectivity index (χ0) is 7.40. The van der Waals surface area contributed by atoms with Crippen molar-refractivity contribution < 1.29 is 4.74 Å². The molecule has 0 spiro atoms. The van der Waals surface area contributed by atoms with E-state index in [1.54, 1.807) is 7.11 Å². The van der Waals surface area contributed by atoms with Gasteiger partial charge in [0.25, 0.3) is 0 Å². The van der Waals surface area contributed by atoms with Crippen LogP contribution in [0.3, 0.4) is 0 Å². The Kier molecular flexibility index (Phi) is 2.90. The van der Waals surface area contributed by atoms with Gasteiger partial charge in [-0.2, -0.15) is 0 Å². The highest BCUT2D eigenvalue weighted by Crippen LogP contribution is 2.04. The van der Waals surface area contributed by atoms with Crippen molar-refractivity contribution in [2.24, 2.45) is 0 Å². The molecule has 1 rings (SSSR count).